The van der Waals surface area contributed by atoms with E-state index < -0.39 is 15.6 Å². The number of para-hydroxylation sites is 4. The molecule has 0 fully saturated rings. The lowest BCUT2D eigenvalue weighted by Crippen LogP contribution is -2.10. The summed E-state index contributed by atoms with van der Waals surface area (Å²) in [5, 5.41) is 0. The highest BCUT2D eigenvalue weighted by atomic mass is 31.3. The molecule has 0 N–H and O–H groups in total. The van der Waals surface area contributed by atoms with E-state index in [-0.39, 0.29) is 23.0 Å². The molecule has 9 heteroatoms. The molecule has 0 saturated heterocycles. The zero-order chi connectivity index (χ0) is 31.0. The van der Waals surface area contributed by atoms with Gasteiger partial charge in [-0.2, -0.15) is 0 Å². The van der Waals surface area contributed by atoms with Gasteiger partial charge in [-0.05, 0) is 70.8 Å². The van der Waals surface area contributed by atoms with E-state index in [1.807, 2.05) is 0 Å². The Bertz CT molecular complexity index is 1650. The lowest BCUT2D eigenvalue weighted by molar-refractivity contribution is 0.243. The molecule has 224 valence electrons. The van der Waals surface area contributed by atoms with Crippen LogP contribution in [-0.2, 0) is 13.4 Å². The van der Waals surface area contributed by atoms with Crippen LogP contribution >= 0.6 is 15.6 Å². The van der Waals surface area contributed by atoms with Crippen molar-refractivity contribution in [2.24, 2.45) is 0 Å². The van der Waals surface area contributed by atoms with Crippen LogP contribution in [0.3, 0.4) is 0 Å². The van der Waals surface area contributed by atoms with Crippen LogP contribution in [-0.4, -0.2) is 0 Å². The summed E-state index contributed by atoms with van der Waals surface area (Å²) in [5.41, 5.74) is 5.59. The second kappa shape index (κ2) is 13.7. The van der Waals surface area contributed by atoms with Gasteiger partial charge in [-0.1, -0.05) is 121 Å². The van der Waals surface area contributed by atoms with E-state index in [1.165, 1.54) is 22.3 Å². The minimum Gasteiger partial charge on any atom is -0.395 e. The molecule has 45 heavy (non-hydrogen) atoms. The van der Waals surface area contributed by atoms with Gasteiger partial charge in [0.2, 0.25) is 0 Å². The monoisotopic (exact) mass is 634 g/mol. The molecule has 7 nitrogen and oxygen atoms in total. The highest BCUT2D eigenvalue weighted by Gasteiger charge is 2.46. The SMILES string of the molecule is O=P(Oc1ccccc1)(Oc1ccccc1)OP(=O)(Oc1ccccc1)Oc1ccccc1.c1ccc2c(c1)-c1ccccc1-2. The molecule has 0 spiro atoms. The maximum Gasteiger partial charge on any atom is 0.598 e. The summed E-state index contributed by atoms with van der Waals surface area (Å²) in [7, 11) is -9.14. The van der Waals surface area contributed by atoms with Crippen molar-refractivity contribution in [2.45, 2.75) is 0 Å². The Morgan fingerprint density at radius 1 is 0.289 bits per heavy atom. The van der Waals surface area contributed by atoms with E-state index in [4.69, 9.17) is 22.4 Å². The van der Waals surface area contributed by atoms with E-state index >= 15 is 0 Å². The van der Waals surface area contributed by atoms with Crippen molar-refractivity contribution in [3.63, 3.8) is 0 Å². The number of rotatable bonds is 10. The molecule has 0 unspecified atom stereocenters. The van der Waals surface area contributed by atoms with Crippen molar-refractivity contribution in [1.82, 2.24) is 0 Å². The van der Waals surface area contributed by atoms with E-state index in [1.54, 1.807) is 121 Å². The van der Waals surface area contributed by atoms with Gasteiger partial charge in [-0.25, -0.2) is 9.13 Å². The summed E-state index contributed by atoms with van der Waals surface area (Å²) in [4.78, 5) is 0. The molecule has 0 radical (unpaired) electrons. The van der Waals surface area contributed by atoms with Crippen molar-refractivity contribution in [3.05, 3.63) is 170 Å². The Kier molecular flexibility index (Phi) is 9.14. The Labute approximate surface area is 261 Å². The van der Waals surface area contributed by atoms with Crippen molar-refractivity contribution >= 4 is 15.6 Å². The summed E-state index contributed by atoms with van der Waals surface area (Å²) < 4.78 is 55.2. The number of fused-ring (bicyclic) bond motifs is 4. The lowest BCUT2D eigenvalue weighted by Gasteiger charge is -2.23. The first-order valence-corrected chi connectivity index (χ1v) is 17.0. The van der Waals surface area contributed by atoms with Crippen LogP contribution < -0.4 is 18.1 Å². The summed E-state index contributed by atoms with van der Waals surface area (Å²) in [6.45, 7) is 0. The number of phosphoric ester groups is 2. The fourth-order valence-electron chi connectivity index (χ4n) is 4.51. The standard InChI is InChI=1S/C24H20O7P2.C12H8/c25-32(27-21-13-5-1-6-14-21,28-22-15-7-2-8-16-22)31-33(26,29-23-17-9-3-10-18-23)30-24-19-11-4-12-20-24;1-2-6-10-9(5-1)11-7-3-4-8-12(10)11/h1-20H;1-8H. The van der Waals surface area contributed by atoms with Gasteiger partial charge in [0.15, 0.2) is 0 Å². The molecule has 1 aliphatic rings. The zero-order valence-electron chi connectivity index (χ0n) is 23.9. The Morgan fingerprint density at radius 3 is 0.711 bits per heavy atom. The van der Waals surface area contributed by atoms with Gasteiger partial charge < -0.3 is 18.1 Å². The average molecular weight is 635 g/mol. The van der Waals surface area contributed by atoms with E-state index in [0.717, 1.165) is 0 Å². The van der Waals surface area contributed by atoms with Crippen LogP contribution in [0.1, 0.15) is 0 Å². The van der Waals surface area contributed by atoms with E-state index in [9.17, 15) is 9.13 Å². The Morgan fingerprint density at radius 2 is 0.489 bits per heavy atom. The second-order valence-corrected chi connectivity index (χ2v) is 12.9. The zero-order valence-corrected chi connectivity index (χ0v) is 25.7. The molecule has 1 aliphatic carbocycles. The molecular formula is C36H28O7P2. The highest BCUT2D eigenvalue weighted by Crippen LogP contribution is 2.64. The number of hydrogen-bond donors (Lipinski definition) is 0. The summed E-state index contributed by atoms with van der Waals surface area (Å²) in [6, 6.07) is 50.1. The first-order valence-electron chi connectivity index (χ1n) is 14.1. The second-order valence-electron chi connectivity index (χ2n) is 9.68. The Hall–Kier alpha value is -5.06. The highest BCUT2D eigenvalue weighted by molar-refractivity contribution is 7.63. The van der Waals surface area contributed by atoms with Crippen molar-refractivity contribution in [2.75, 3.05) is 0 Å². The van der Waals surface area contributed by atoms with Crippen LogP contribution in [0.25, 0.3) is 22.3 Å². The molecule has 0 aliphatic heterocycles. The minimum atomic E-state index is -4.57. The average Bonchev–Trinajstić information content (AvgIpc) is 3.05. The third-order valence-electron chi connectivity index (χ3n) is 6.48. The van der Waals surface area contributed by atoms with Crippen LogP contribution in [0.5, 0.6) is 23.0 Å². The van der Waals surface area contributed by atoms with Gasteiger partial charge >= 0.3 is 15.6 Å². The van der Waals surface area contributed by atoms with Crippen molar-refractivity contribution in [3.8, 4) is 45.3 Å². The van der Waals surface area contributed by atoms with Crippen molar-refractivity contribution < 1.29 is 31.5 Å². The van der Waals surface area contributed by atoms with Crippen molar-refractivity contribution in [1.29, 1.82) is 0 Å². The molecule has 6 aromatic rings. The van der Waals surface area contributed by atoms with Crippen LogP contribution in [0.2, 0.25) is 0 Å². The van der Waals surface area contributed by atoms with Gasteiger partial charge in [0.25, 0.3) is 0 Å². The first-order chi connectivity index (χ1) is 22.0. The van der Waals surface area contributed by atoms with Gasteiger partial charge in [0, 0.05) is 0 Å². The predicted octanol–water partition coefficient (Wildman–Crippen LogP) is 10.9. The maximum absolute atomic E-state index is 13.7. The summed E-state index contributed by atoms with van der Waals surface area (Å²) in [5.74, 6) is 0.732. The predicted molar refractivity (Wildman–Crippen MR) is 175 cm³/mol. The third kappa shape index (κ3) is 7.72. The number of benzene rings is 6. The molecule has 0 bridgehead atoms. The van der Waals surface area contributed by atoms with Gasteiger partial charge in [0.05, 0.1) is 0 Å². The molecule has 6 aromatic carbocycles. The number of phosphoric acid groups is 2. The number of hydrogen-bond acceptors (Lipinski definition) is 7. The van der Waals surface area contributed by atoms with Gasteiger partial charge in [-0.3, -0.25) is 0 Å². The van der Waals surface area contributed by atoms with Gasteiger partial charge in [0.1, 0.15) is 23.0 Å². The van der Waals surface area contributed by atoms with Crippen LogP contribution in [0.4, 0.5) is 0 Å². The third-order valence-corrected chi connectivity index (χ3v) is 9.81. The summed E-state index contributed by atoms with van der Waals surface area (Å²) in [6.07, 6.45) is 0. The normalized spacial score (nSPS) is 11.4. The molecule has 0 heterocycles. The fourth-order valence-corrected chi connectivity index (χ4v) is 7.62. The van der Waals surface area contributed by atoms with Crippen LogP contribution in [0, 0.1) is 0 Å². The van der Waals surface area contributed by atoms with E-state index in [0.29, 0.717) is 0 Å². The lowest BCUT2D eigenvalue weighted by atomic mass is 9.81. The van der Waals surface area contributed by atoms with E-state index in [2.05, 4.69) is 48.5 Å². The van der Waals surface area contributed by atoms with Gasteiger partial charge in [-0.15, -0.1) is 4.31 Å². The Balaban J connectivity index is 0.000000245. The smallest absolute Gasteiger partial charge is 0.395 e. The first kappa shape index (κ1) is 30.0. The molecule has 0 atom stereocenters. The fraction of sp³-hybridized carbons (Fsp3) is 0. The summed E-state index contributed by atoms with van der Waals surface area (Å²) >= 11 is 0. The molecule has 0 saturated carbocycles. The molecule has 0 aromatic heterocycles. The minimum absolute atomic E-state index is 0.183. The van der Waals surface area contributed by atoms with Crippen LogP contribution in [0.15, 0.2) is 170 Å². The quantitative estimate of drug-likeness (QED) is 0.139. The maximum atomic E-state index is 13.7. The topological polar surface area (TPSA) is 80.3 Å². The molecular weight excluding hydrogens is 606 g/mol. The molecule has 0 amide bonds. The molecule has 7 rings (SSSR count). The largest absolute Gasteiger partial charge is 0.598 e.